The number of ether oxygens (including phenoxy) is 3. The number of esters is 3. The van der Waals surface area contributed by atoms with Gasteiger partial charge in [-0.15, -0.1) is 0 Å². The standard InChI is InChI=1S/C45H86O6/c1-6-7-8-23-32-37-45(48)51-42(39-50-44(47)36-31-27-22-18-14-16-20-25-29-34-41(4)5)38-49-43(46)35-30-26-21-17-13-11-9-10-12-15-19-24-28-33-40(2)3/h40-42H,6-39H2,1-5H3/t42-/m0/s1. The van der Waals surface area contributed by atoms with E-state index in [1.54, 1.807) is 0 Å². The summed E-state index contributed by atoms with van der Waals surface area (Å²) < 4.78 is 16.6. The van der Waals surface area contributed by atoms with Crippen LogP contribution in [0.5, 0.6) is 0 Å². The predicted octanol–water partition coefficient (Wildman–Crippen LogP) is 13.8. The van der Waals surface area contributed by atoms with Gasteiger partial charge in [0.25, 0.3) is 0 Å². The minimum atomic E-state index is -0.758. The molecule has 6 heteroatoms. The van der Waals surface area contributed by atoms with Crippen molar-refractivity contribution in [3.05, 3.63) is 0 Å². The summed E-state index contributed by atoms with van der Waals surface area (Å²) in [5.74, 6) is 0.775. The maximum Gasteiger partial charge on any atom is 0.306 e. The lowest BCUT2D eigenvalue weighted by Gasteiger charge is -2.18. The highest BCUT2D eigenvalue weighted by atomic mass is 16.6. The predicted molar refractivity (Wildman–Crippen MR) is 215 cm³/mol. The van der Waals surface area contributed by atoms with Gasteiger partial charge in [0, 0.05) is 19.3 Å². The van der Waals surface area contributed by atoms with Crippen LogP contribution in [0.4, 0.5) is 0 Å². The fraction of sp³-hybridized carbons (Fsp3) is 0.933. The van der Waals surface area contributed by atoms with E-state index < -0.39 is 6.10 Å². The van der Waals surface area contributed by atoms with Crippen molar-refractivity contribution < 1.29 is 28.6 Å². The van der Waals surface area contributed by atoms with E-state index in [1.807, 2.05) is 0 Å². The van der Waals surface area contributed by atoms with E-state index in [0.29, 0.717) is 19.3 Å². The molecular weight excluding hydrogens is 636 g/mol. The number of hydrogen-bond acceptors (Lipinski definition) is 6. The summed E-state index contributed by atoms with van der Waals surface area (Å²) in [7, 11) is 0. The zero-order chi connectivity index (χ0) is 37.6. The van der Waals surface area contributed by atoms with Crippen LogP contribution in [0.1, 0.15) is 240 Å². The summed E-state index contributed by atoms with van der Waals surface area (Å²) in [5.41, 5.74) is 0. The molecule has 0 aliphatic carbocycles. The van der Waals surface area contributed by atoms with Crippen LogP contribution in [0.25, 0.3) is 0 Å². The molecule has 0 rings (SSSR count). The van der Waals surface area contributed by atoms with Gasteiger partial charge in [0.1, 0.15) is 13.2 Å². The molecule has 0 unspecified atom stereocenters. The average Bonchev–Trinajstić information content (AvgIpc) is 3.09. The third-order valence-corrected chi connectivity index (χ3v) is 9.97. The molecule has 0 aromatic rings. The molecule has 1 atom stereocenters. The average molecular weight is 723 g/mol. The van der Waals surface area contributed by atoms with Gasteiger partial charge in [-0.3, -0.25) is 14.4 Å². The van der Waals surface area contributed by atoms with Gasteiger partial charge in [-0.1, -0.05) is 202 Å². The van der Waals surface area contributed by atoms with Crippen LogP contribution in [0.3, 0.4) is 0 Å². The Morgan fingerprint density at radius 2 is 0.647 bits per heavy atom. The minimum absolute atomic E-state index is 0.0664. The lowest BCUT2D eigenvalue weighted by Crippen LogP contribution is -2.30. The van der Waals surface area contributed by atoms with Gasteiger partial charge < -0.3 is 14.2 Å². The van der Waals surface area contributed by atoms with Crippen LogP contribution in [-0.4, -0.2) is 37.2 Å². The summed E-state index contributed by atoms with van der Waals surface area (Å²) in [6, 6.07) is 0. The first kappa shape index (κ1) is 49.4. The van der Waals surface area contributed by atoms with Crippen LogP contribution in [-0.2, 0) is 28.6 Å². The Labute approximate surface area is 317 Å². The maximum absolute atomic E-state index is 12.5. The maximum atomic E-state index is 12.5. The number of carbonyl (C=O) groups is 3. The Kier molecular flexibility index (Phi) is 37.0. The second-order valence-corrected chi connectivity index (χ2v) is 16.3. The topological polar surface area (TPSA) is 78.9 Å². The minimum Gasteiger partial charge on any atom is -0.462 e. The van der Waals surface area contributed by atoms with Gasteiger partial charge in [0.05, 0.1) is 0 Å². The number of hydrogen-bond donors (Lipinski definition) is 0. The van der Waals surface area contributed by atoms with E-state index in [4.69, 9.17) is 14.2 Å². The molecule has 0 fully saturated rings. The monoisotopic (exact) mass is 723 g/mol. The van der Waals surface area contributed by atoms with E-state index in [1.165, 1.54) is 122 Å². The summed E-state index contributed by atoms with van der Waals surface area (Å²) >= 11 is 0. The van der Waals surface area contributed by atoms with Crippen LogP contribution in [0.15, 0.2) is 0 Å². The van der Waals surface area contributed by atoms with Gasteiger partial charge in [-0.05, 0) is 31.1 Å². The molecule has 0 spiro atoms. The molecule has 0 aromatic carbocycles. The SMILES string of the molecule is CCCCCCCC(=O)O[C@@H](COC(=O)CCCCCCCCCCCCCCCC(C)C)COC(=O)CCCCCCCCCCCC(C)C. The third-order valence-electron chi connectivity index (χ3n) is 9.97. The van der Waals surface area contributed by atoms with Crippen LogP contribution in [0.2, 0.25) is 0 Å². The highest BCUT2D eigenvalue weighted by Gasteiger charge is 2.19. The molecule has 6 nitrogen and oxygen atoms in total. The molecule has 51 heavy (non-hydrogen) atoms. The number of rotatable bonds is 39. The molecule has 0 amide bonds. The molecule has 0 bridgehead atoms. The first-order chi connectivity index (χ1) is 24.7. The highest BCUT2D eigenvalue weighted by Crippen LogP contribution is 2.16. The molecule has 0 saturated heterocycles. The van der Waals surface area contributed by atoms with Crippen molar-refractivity contribution in [1.82, 2.24) is 0 Å². The van der Waals surface area contributed by atoms with E-state index in [2.05, 4.69) is 34.6 Å². The van der Waals surface area contributed by atoms with E-state index in [9.17, 15) is 14.4 Å². The van der Waals surface area contributed by atoms with Crippen molar-refractivity contribution in [2.75, 3.05) is 13.2 Å². The Bertz CT molecular complexity index is 779. The van der Waals surface area contributed by atoms with Gasteiger partial charge in [0.15, 0.2) is 6.10 Å². The fourth-order valence-electron chi connectivity index (χ4n) is 6.58. The second-order valence-electron chi connectivity index (χ2n) is 16.3. The molecule has 0 saturated carbocycles. The van der Waals surface area contributed by atoms with Gasteiger partial charge in [-0.25, -0.2) is 0 Å². The van der Waals surface area contributed by atoms with E-state index >= 15 is 0 Å². The quantitative estimate of drug-likeness (QED) is 0.0357. The van der Waals surface area contributed by atoms with Crippen molar-refractivity contribution in [3.8, 4) is 0 Å². The van der Waals surface area contributed by atoms with Crippen molar-refractivity contribution in [1.29, 1.82) is 0 Å². The molecule has 0 aliphatic heterocycles. The first-order valence-electron chi connectivity index (χ1n) is 22.2. The third kappa shape index (κ3) is 39.5. The highest BCUT2D eigenvalue weighted by molar-refractivity contribution is 5.71. The number of unbranched alkanes of at least 4 members (excludes halogenated alkanes) is 24. The summed E-state index contributed by atoms with van der Waals surface area (Å²) in [6.07, 6.45) is 35.5. The van der Waals surface area contributed by atoms with Crippen LogP contribution in [0, 0.1) is 11.8 Å². The molecule has 302 valence electrons. The van der Waals surface area contributed by atoms with Crippen molar-refractivity contribution >= 4 is 17.9 Å². The Balaban J connectivity index is 4.14. The summed E-state index contributed by atoms with van der Waals surface area (Å²) in [5, 5.41) is 0. The van der Waals surface area contributed by atoms with Gasteiger partial charge in [-0.2, -0.15) is 0 Å². The summed E-state index contributed by atoms with van der Waals surface area (Å²) in [4.78, 5) is 37.4. The lowest BCUT2D eigenvalue weighted by molar-refractivity contribution is -0.167. The molecule has 0 heterocycles. The Hall–Kier alpha value is -1.59. The Morgan fingerprint density at radius 3 is 0.961 bits per heavy atom. The molecule has 0 N–H and O–H groups in total. The normalized spacial score (nSPS) is 12.1. The Morgan fingerprint density at radius 1 is 0.373 bits per heavy atom. The smallest absolute Gasteiger partial charge is 0.306 e. The van der Waals surface area contributed by atoms with Gasteiger partial charge >= 0.3 is 17.9 Å². The zero-order valence-corrected chi connectivity index (χ0v) is 34.7. The van der Waals surface area contributed by atoms with E-state index in [-0.39, 0.29) is 31.1 Å². The lowest BCUT2D eigenvalue weighted by atomic mass is 10.0. The van der Waals surface area contributed by atoms with E-state index in [0.717, 1.165) is 76.0 Å². The molecule has 0 aliphatic rings. The first-order valence-corrected chi connectivity index (χ1v) is 22.2. The molecule has 0 radical (unpaired) electrons. The van der Waals surface area contributed by atoms with Gasteiger partial charge in [0.2, 0.25) is 0 Å². The van der Waals surface area contributed by atoms with Crippen LogP contribution >= 0.6 is 0 Å². The van der Waals surface area contributed by atoms with Crippen LogP contribution < -0.4 is 0 Å². The molecule has 0 aromatic heterocycles. The summed E-state index contributed by atoms with van der Waals surface area (Å²) in [6.45, 7) is 11.2. The largest absolute Gasteiger partial charge is 0.462 e. The van der Waals surface area contributed by atoms with Crippen molar-refractivity contribution in [2.24, 2.45) is 11.8 Å². The molecular formula is C45H86O6. The fourth-order valence-corrected chi connectivity index (χ4v) is 6.58. The second kappa shape index (κ2) is 38.1. The van der Waals surface area contributed by atoms with Crippen molar-refractivity contribution in [2.45, 2.75) is 246 Å². The zero-order valence-electron chi connectivity index (χ0n) is 34.7. The number of carbonyl (C=O) groups excluding carboxylic acids is 3. The van der Waals surface area contributed by atoms with Crippen molar-refractivity contribution in [3.63, 3.8) is 0 Å².